The molecule has 16 nitrogen and oxygen atoms in total. The molecule has 2 saturated heterocycles. The standard InChI is InChI=1S/C45H52O16/c46-22-34-38(52)40(54)42(56)44(60-34)58-32-14-12-24(18-30(32)28-10-4-8-26(16-28)20-36(48)49)6-2-1-3-7-25-13-15-33(59-45-43(57)41(55)39(53)35(23-47)61-45)31(19-25)29-11-5-9-27(17-29)21-37(50)51/h4-5,8-19,34-35,38-47,52-57H,1-3,6-7,20-23H2,(H,48,49)(H,50,51)/t34-,35?,38-,39-,40-,41-,42+,43+,44+,45+/m1/s1. The summed E-state index contributed by atoms with van der Waals surface area (Å²) in [4.78, 5) is 23.0. The normalized spacial score (nSPS) is 26.4. The highest BCUT2D eigenvalue weighted by Crippen LogP contribution is 2.37. The van der Waals surface area contributed by atoms with Gasteiger partial charge in [0.05, 0.1) is 26.1 Å². The summed E-state index contributed by atoms with van der Waals surface area (Å²) in [6.07, 6.45) is -11.5. The second-order valence-electron chi connectivity index (χ2n) is 15.4. The number of hydrogen-bond acceptors (Lipinski definition) is 14. The molecule has 4 aromatic rings. The van der Waals surface area contributed by atoms with Crippen LogP contribution in [0.2, 0.25) is 0 Å². The Hall–Kier alpha value is -4.98. The maximum atomic E-state index is 11.5. The average Bonchev–Trinajstić information content (AvgIpc) is 3.24. The first-order valence-electron chi connectivity index (χ1n) is 20.1. The van der Waals surface area contributed by atoms with Gasteiger partial charge in [0.2, 0.25) is 12.6 Å². The SMILES string of the molecule is O=C(O)Cc1cccc(-c2cc(CCCCCc3ccc(O[C@H]4OC(CO)[C@@H](O)[C@@H](O)[C@@H]4O)c(-c4cccc(CC(=O)O)c4)c3)ccc2O[C@H]2O[C@H](CO)[C@@H](O)[C@@H](O)[C@@H]2O)c1. The minimum absolute atomic E-state index is 0.205. The predicted octanol–water partition coefficient (Wildman–Crippen LogP) is 1.59. The lowest BCUT2D eigenvalue weighted by atomic mass is 9.95. The number of rotatable bonds is 18. The summed E-state index contributed by atoms with van der Waals surface area (Å²) in [6.45, 7) is -1.24. The molecule has 10 N–H and O–H groups in total. The van der Waals surface area contributed by atoms with E-state index in [2.05, 4.69) is 0 Å². The van der Waals surface area contributed by atoms with Crippen LogP contribution in [0.15, 0.2) is 84.9 Å². The Balaban J connectivity index is 1.17. The van der Waals surface area contributed by atoms with Crippen molar-refractivity contribution >= 4 is 11.9 Å². The van der Waals surface area contributed by atoms with E-state index in [9.17, 15) is 60.7 Å². The number of hydrogen-bond donors (Lipinski definition) is 10. The predicted molar refractivity (Wildman–Crippen MR) is 216 cm³/mol. The van der Waals surface area contributed by atoms with Crippen LogP contribution in [0.4, 0.5) is 0 Å². The quantitative estimate of drug-likeness (QED) is 0.0637. The van der Waals surface area contributed by atoms with E-state index >= 15 is 0 Å². The first-order chi connectivity index (χ1) is 29.3. The Labute approximate surface area is 351 Å². The van der Waals surface area contributed by atoms with Gasteiger partial charge in [-0.25, -0.2) is 0 Å². The fraction of sp³-hybridized carbons (Fsp3) is 0.422. The van der Waals surface area contributed by atoms with Gasteiger partial charge >= 0.3 is 11.9 Å². The third-order valence-corrected chi connectivity index (χ3v) is 10.9. The Kier molecular flexibility index (Phi) is 15.5. The molecule has 2 aliphatic rings. The molecular formula is C45H52O16. The minimum Gasteiger partial charge on any atom is -0.481 e. The van der Waals surface area contributed by atoms with E-state index in [0.717, 1.165) is 30.4 Å². The van der Waals surface area contributed by atoms with Gasteiger partial charge in [-0.15, -0.1) is 0 Å². The second-order valence-corrected chi connectivity index (χ2v) is 15.4. The molecule has 16 heteroatoms. The van der Waals surface area contributed by atoms with E-state index in [4.69, 9.17) is 18.9 Å². The van der Waals surface area contributed by atoms with Crippen molar-refractivity contribution in [2.75, 3.05) is 13.2 Å². The van der Waals surface area contributed by atoms with Crippen molar-refractivity contribution in [3.63, 3.8) is 0 Å². The van der Waals surface area contributed by atoms with E-state index in [1.54, 1.807) is 60.7 Å². The molecule has 2 fully saturated rings. The Bertz CT molecular complexity index is 1960. The van der Waals surface area contributed by atoms with E-state index in [1.165, 1.54) is 0 Å². The Morgan fingerprint density at radius 3 is 1.28 bits per heavy atom. The molecule has 0 aliphatic carbocycles. The highest BCUT2D eigenvalue weighted by Gasteiger charge is 2.46. The third kappa shape index (κ3) is 11.3. The first kappa shape index (κ1) is 45.5. The summed E-state index contributed by atoms with van der Waals surface area (Å²) < 4.78 is 23.3. The van der Waals surface area contributed by atoms with Crippen LogP contribution in [0.3, 0.4) is 0 Å². The summed E-state index contributed by atoms with van der Waals surface area (Å²) in [5, 5.41) is 101. The lowest BCUT2D eigenvalue weighted by Gasteiger charge is -2.39. The maximum absolute atomic E-state index is 11.5. The minimum atomic E-state index is -1.64. The van der Waals surface area contributed by atoms with Crippen molar-refractivity contribution in [2.24, 2.45) is 0 Å². The molecule has 10 atom stereocenters. The number of aliphatic carboxylic acids is 2. The fourth-order valence-electron chi connectivity index (χ4n) is 7.58. The number of carboxylic acid groups (broad SMARTS) is 2. The molecule has 4 aromatic carbocycles. The number of unbranched alkanes of at least 4 members (excludes halogenated alkanes) is 2. The summed E-state index contributed by atoms with van der Waals surface area (Å²) in [6, 6.07) is 24.8. The third-order valence-electron chi connectivity index (χ3n) is 10.9. The van der Waals surface area contributed by atoms with Gasteiger partial charge in [-0.1, -0.05) is 67.1 Å². The van der Waals surface area contributed by atoms with Crippen LogP contribution in [0.1, 0.15) is 41.5 Å². The molecule has 0 aromatic heterocycles. The number of benzene rings is 4. The fourth-order valence-corrected chi connectivity index (χ4v) is 7.58. The molecule has 2 heterocycles. The smallest absolute Gasteiger partial charge is 0.307 e. The Morgan fingerprint density at radius 1 is 0.492 bits per heavy atom. The number of aliphatic hydroxyl groups excluding tert-OH is 8. The number of carbonyl (C=O) groups is 2. The summed E-state index contributed by atoms with van der Waals surface area (Å²) in [5.74, 6) is -1.46. The molecule has 0 bridgehead atoms. The number of carboxylic acids is 2. The monoisotopic (exact) mass is 848 g/mol. The van der Waals surface area contributed by atoms with Gasteiger partial charge < -0.3 is 70.0 Å². The molecule has 328 valence electrons. The summed E-state index contributed by atoms with van der Waals surface area (Å²) in [5.41, 5.74) is 5.43. The molecule has 6 rings (SSSR count). The lowest BCUT2D eigenvalue weighted by molar-refractivity contribution is -0.277. The average molecular weight is 849 g/mol. The van der Waals surface area contributed by atoms with Gasteiger partial charge in [0.25, 0.3) is 0 Å². The second kappa shape index (κ2) is 20.7. The summed E-state index contributed by atoms with van der Waals surface area (Å²) >= 11 is 0. The molecule has 0 spiro atoms. The maximum Gasteiger partial charge on any atom is 0.307 e. The first-order valence-corrected chi connectivity index (χ1v) is 20.1. The van der Waals surface area contributed by atoms with Crippen LogP contribution in [-0.4, -0.2) is 138 Å². The summed E-state index contributed by atoms with van der Waals surface area (Å²) in [7, 11) is 0. The van der Waals surface area contributed by atoms with Gasteiger partial charge in [0.1, 0.15) is 60.3 Å². The van der Waals surface area contributed by atoms with E-state index in [0.29, 0.717) is 46.2 Å². The zero-order valence-corrected chi connectivity index (χ0v) is 33.1. The number of aryl methyl sites for hydroxylation is 2. The van der Waals surface area contributed by atoms with Crippen molar-refractivity contribution in [1.82, 2.24) is 0 Å². The van der Waals surface area contributed by atoms with E-state index in [-0.39, 0.29) is 24.3 Å². The molecular weight excluding hydrogens is 796 g/mol. The zero-order valence-electron chi connectivity index (χ0n) is 33.1. The van der Waals surface area contributed by atoms with E-state index < -0.39 is 86.6 Å². The number of aliphatic hydroxyl groups is 8. The van der Waals surface area contributed by atoms with Gasteiger partial charge in [-0.3, -0.25) is 9.59 Å². The van der Waals surface area contributed by atoms with Crippen LogP contribution in [0, 0.1) is 0 Å². The van der Waals surface area contributed by atoms with Gasteiger partial charge in [0.15, 0.2) is 0 Å². The number of ether oxygens (including phenoxy) is 4. The van der Waals surface area contributed by atoms with Crippen molar-refractivity contribution in [1.29, 1.82) is 0 Å². The van der Waals surface area contributed by atoms with Crippen molar-refractivity contribution < 1.29 is 79.6 Å². The van der Waals surface area contributed by atoms with E-state index in [1.807, 2.05) is 24.3 Å². The largest absolute Gasteiger partial charge is 0.481 e. The molecule has 2 aliphatic heterocycles. The molecule has 1 unspecified atom stereocenters. The van der Waals surface area contributed by atoms with Gasteiger partial charge in [-0.05, 0) is 83.3 Å². The molecule has 0 radical (unpaired) electrons. The van der Waals surface area contributed by atoms with Gasteiger partial charge in [-0.2, -0.15) is 0 Å². The van der Waals surface area contributed by atoms with Crippen LogP contribution in [0.5, 0.6) is 11.5 Å². The van der Waals surface area contributed by atoms with Crippen LogP contribution in [0.25, 0.3) is 22.3 Å². The molecule has 61 heavy (non-hydrogen) atoms. The van der Waals surface area contributed by atoms with Gasteiger partial charge in [0, 0.05) is 11.1 Å². The van der Waals surface area contributed by atoms with Crippen molar-refractivity contribution in [2.45, 2.75) is 106 Å². The lowest BCUT2D eigenvalue weighted by Crippen LogP contribution is -2.60. The highest BCUT2D eigenvalue weighted by atomic mass is 16.7. The topological polar surface area (TPSA) is 273 Å². The molecule has 0 saturated carbocycles. The van der Waals surface area contributed by atoms with Crippen LogP contribution in [-0.2, 0) is 44.7 Å². The Morgan fingerprint density at radius 2 is 0.902 bits per heavy atom. The van der Waals surface area contributed by atoms with Crippen molar-refractivity contribution in [3.8, 4) is 33.8 Å². The van der Waals surface area contributed by atoms with Crippen LogP contribution >= 0.6 is 0 Å². The zero-order chi connectivity index (χ0) is 43.8. The molecule has 0 amide bonds. The van der Waals surface area contributed by atoms with Crippen LogP contribution < -0.4 is 9.47 Å². The van der Waals surface area contributed by atoms with Crippen molar-refractivity contribution in [3.05, 3.63) is 107 Å². The highest BCUT2D eigenvalue weighted by molar-refractivity contribution is 5.76.